The topological polar surface area (TPSA) is 60.2 Å². The van der Waals surface area contributed by atoms with E-state index in [1.54, 1.807) is 11.3 Å². The Kier molecular flexibility index (Phi) is 7.38. The zero-order valence-electron chi connectivity index (χ0n) is 18.7. The fraction of sp³-hybridized carbons (Fsp3) is 0.269. The van der Waals surface area contributed by atoms with Crippen molar-refractivity contribution in [1.29, 1.82) is 0 Å². The van der Waals surface area contributed by atoms with Gasteiger partial charge in [0.15, 0.2) is 11.0 Å². The summed E-state index contributed by atoms with van der Waals surface area (Å²) in [6.45, 7) is 2.01. The standard InChI is InChI=1S/C26H26N4O2S2/c31-24(29(17-22-13-7-15-32-22)18-23-14-8-16-33-23)19-34-26-28-27-25(20-9-3-1-4-10-20)30(26)21-11-5-2-6-12-21/h1-6,8-12,14,16,22H,7,13,15,17-19H2. The lowest BCUT2D eigenvalue weighted by Gasteiger charge is -2.25. The molecule has 0 N–H and O–H groups in total. The van der Waals surface area contributed by atoms with Crippen molar-refractivity contribution in [2.45, 2.75) is 30.6 Å². The minimum absolute atomic E-state index is 0.0813. The lowest BCUT2D eigenvalue weighted by atomic mass is 10.2. The number of thioether (sulfide) groups is 1. The number of carbonyl (C=O) groups is 1. The second kappa shape index (κ2) is 11.0. The highest BCUT2D eigenvalue weighted by Crippen LogP contribution is 2.28. The molecule has 34 heavy (non-hydrogen) atoms. The van der Waals surface area contributed by atoms with Crippen molar-refractivity contribution in [1.82, 2.24) is 19.7 Å². The molecular formula is C26H26N4O2S2. The molecule has 1 aliphatic heterocycles. The number of aromatic nitrogens is 3. The van der Waals surface area contributed by atoms with Gasteiger partial charge in [0, 0.05) is 29.3 Å². The average Bonchev–Trinajstić information content (AvgIpc) is 3.66. The van der Waals surface area contributed by atoms with E-state index in [1.807, 2.05) is 81.6 Å². The third-order valence-corrected chi connectivity index (χ3v) is 7.51. The summed E-state index contributed by atoms with van der Waals surface area (Å²) in [5, 5.41) is 11.7. The van der Waals surface area contributed by atoms with Crippen LogP contribution >= 0.6 is 23.1 Å². The number of ether oxygens (including phenoxy) is 1. The predicted octanol–water partition coefficient (Wildman–Crippen LogP) is 5.30. The zero-order chi connectivity index (χ0) is 23.2. The molecule has 1 amide bonds. The van der Waals surface area contributed by atoms with Gasteiger partial charge < -0.3 is 9.64 Å². The van der Waals surface area contributed by atoms with Gasteiger partial charge in [-0.2, -0.15) is 0 Å². The van der Waals surface area contributed by atoms with Crippen molar-refractivity contribution in [3.63, 3.8) is 0 Å². The summed E-state index contributed by atoms with van der Waals surface area (Å²) in [7, 11) is 0. The highest BCUT2D eigenvalue weighted by atomic mass is 32.2. The van der Waals surface area contributed by atoms with Crippen LogP contribution in [0, 0.1) is 0 Å². The van der Waals surface area contributed by atoms with E-state index >= 15 is 0 Å². The Morgan fingerprint density at radius 3 is 2.56 bits per heavy atom. The fourth-order valence-electron chi connectivity index (χ4n) is 4.04. The lowest BCUT2D eigenvalue weighted by molar-refractivity contribution is -0.130. The summed E-state index contributed by atoms with van der Waals surface area (Å²) in [5.41, 5.74) is 1.95. The zero-order valence-corrected chi connectivity index (χ0v) is 20.4. The number of hydrogen-bond acceptors (Lipinski definition) is 6. The van der Waals surface area contributed by atoms with Crippen molar-refractivity contribution >= 4 is 29.0 Å². The van der Waals surface area contributed by atoms with Gasteiger partial charge in [-0.05, 0) is 36.4 Å². The summed E-state index contributed by atoms with van der Waals surface area (Å²) in [6.07, 6.45) is 2.18. The maximum atomic E-state index is 13.4. The first-order valence-corrected chi connectivity index (χ1v) is 13.3. The number of benzene rings is 2. The Bertz CT molecular complexity index is 1190. The number of para-hydroxylation sites is 1. The van der Waals surface area contributed by atoms with Gasteiger partial charge in [-0.3, -0.25) is 9.36 Å². The summed E-state index contributed by atoms with van der Waals surface area (Å²) >= 11 is 3.10. The van der Waals surface area contributed by atoms with Crippen LogP contribution in [0.15, 0.2) is 83.3 Å². The first kappa shape index (κ1) is 22.8. The van der Waals surface area contributed by atoms with Crippen LogP contribution in [-0.4, -0.2) is 50.6 Å². The van der Waals surface area contributed by atoms with Crippen molar-refractivity contribution in [2.24, 2.45) is 0 Å². The molecule has 0 aliphatic carbocycles. The Morgan fingerprint density at radius 1 is 1.06 bits per heavy atom. The van der Waals surface area contributed by atoms with Crippen LogP contribution in [0.5, 0.6) is 0 Å². The molecule has 1 fully saturated rings. The molecule has 0 bridgehead atoms. The number of nitrogens with zero attached hydrogens (tertiary/aromatic N) is 4. The largest absolute Gasteiger partial charge is 0.376 e. The Balaban J connectivity index is 1.36. The summed E-state index contributed by atoms with van der Waals surface area (Å²) in [5.74, 6) is 1.13. The molecule has 1 atom stereocenters. The minimum atomic E-state index is 0.0813. The van der Waals surface area contributed by atoms with Crippen molar-refractivity contribution < 1.29 is 9.53 Å². The van der Waals surface area contributed by atoms with Gasteiger partial charge >= 0.3 is 0 Å². The molecule has 2 aromatic carbocycles. The van der Waals surface area contributed by atoms with Crippen LogP contribution < -0.4 is 0 Å². The van der Waals surface area contributed by atoms with E-state index in [0.717, 1.165) is 36.5 Å². The molecule has 1 aliphatic rings. The molecule has 0 saturated carbocycles. The molecule has 3 heterocycles. The monoisotopic (exact) mass is 490 g/mol. The van der Waals surface area contributed by atoms with Gasteiger partial charge in [0.1, 0.15) is 0 Å². The second-order valence-corrected chi connectivity index (χ2v) is 10.1. The molecule has 5 rings (SSSR count). The van der Waals surface area contributed by atoms with Crippen LogP contribution in [0.3, 0.4) is 0 Å². The van der Waals surface area contributed by atoms with Gasteiger partial charge in [-0.25, -0.2) is 0 Å². The maximum Gasteiger partial charge on any atom is 0.233 e. The van der Waals surface area contributed by atoms with Crippen molar-refractivity contribution in [3.8, 4) is 17.1 Å². The van der Waals surface area contributed by atoms with Gasteiger partial charge in [0.05, 0.1) is 18.4 Å². The summed E-state index contributed by atoms with van der Waals surface area (Å²) in [6, 6.07) is 24.1. The van der Waals surface area contributed by atoms with Gasteiger partial charge in [-0.15, -0.1) is 21.5 Å². The van der Waals surface area contributed by atoms with Crippen molar-refractivity contribution in [2.75, 3.05) is 18.9 Å². The summed E-state index contributed by atoms with van der Waals surface area (Å²) < 4.78 is 7.85. The normalized spacial score (nSPS) is 15.5. The first-order chi connectivity index (χ1) is 16.8. The third kappa shape index (κ3) is 5.41. The second-order valence-electron chi connectivity index (χ2n) is 8.12. The van der Waals surface area contributed by atoms with E-state index in [-0.39, 0.29) is 17.8 Å². The first-order valence-electron chi connectivity index (χ1n) is 11.4. The van der Waals surface area contributed by atoms with Crippen LogP contribution in [0.4, 0.5) is 0 Å². The SMILES string of the molecule is O=C(CSc1nnc(-c2ccccc2)n1-c1ccccc1)N(Cc1cccs1)CC1CCCO1. The predicted molar refractivity (Wildman–Crippen MR) is 136 cm³/mol. The van der Waals surface area contributed by atoms with E-state index in [0.29, 0.717) is 18.2 Å². The highest BCUT2D eigenvalue weighted by molar-refractivity contribution is 7.99. The molecule has 0 spiro atoms. The summed E-state index contributed by atoms with van der Waals surface area (Å²) in [4.78, 5) is 16.5. The minimum Gasteiger partial charge on any atom is -0.376 e. The molecule has 4 aromatic rings. The number of thiophene rings is 1. The highest BCUT2D eigenvalue weighted by Gasteiger charge is 2.24. The molecular weight excluding hydrogens is 464 g/mol. The Morgan fingerprint density at radius 2 is 1.85 bits per heavy atom. The molecule has 1 unspecified atom stereocenters. The number of rotatable bonds is 9. The van der Waals surface area contributed by atoms with Gasteiger partial charge in [-0.1, -0.05) is 66.4 Å². The Hall–Kier alpha value is -2.94. The van der Waals surface area contributed by atoms with E-state index in [2.05, 4.69) is 16.3 Å². The van der Waals surface area contributed by atoms with E-state index in [9.17, 15) is 4.79 Å². The smallest absolute Gasteiger partial charge is 0.233 e. The lowest BCUT2D eigenvalue weighted by Crippen LogP contribution is -2.37. The van der Waals surface area contributed by atoms with Crippen LogP contribution in [0.2, 0.25) is 0 Å². The van der Waals surface area contributed by atoms with Crippen molar-refractivity contribution in [3.05, 3.63) is 83.1 Å². The molecule has 0 radical (unpaired) electrons. The molecule has 174 valence electrons. The maximum absolute atomic E-state index is 13.4. The fourth-order valence-corrected chi connectivity index (χ4v) is 5.62. The molecule has 6 nitrogen and oxygen atoms in total. The van der Waals surface area contributed by atoms with Crippen LogP contribution in [-0.2, 0) is 16.1 Å². The van der Waals surface area contributed by atoms with Gasteiger partial charge in [0.2, 0.25) is 5.91 Å². The van der Waals surface area contributed by atoms with Gasteiger partial charge in [0.25, 0.3) is 0 Å². The van der Waals surface area contributed by atoms with E-state index < -0.39 is 0 Å². The number of hydrogen-bond donors (Lipinski definition) is 0. The molecule has 1 saturated heterocycles. The van der Waals surface area contributed by atoms with Crippen LogP contribution in [0.1, 0.15) is 17.7 Å². The Labute approximate surface area is 207 Å². The quantitative estimate of drug-likeness (QED) is 0.298. The molecule has 8 heteroatoms. The average molecular weight is 491 g/mol. The van der Waals surface area contributed by atoms with E-state index in [1.165, 1.54) is 16.6 Å². The third-order valence-electron chi connectivity index (χ3n) is 5.73. The number of carbonyl (C=O) groups excluding carboxylic acids is 1. The van der Waals surface area contributed by atoms with Crippen LogP contribution in [0.25, 0.3) is 17.1 Å². The number of amides is 1. The van der Waals surface area contributed by atoms with E-state index in [4.69, 9.17) is 4.74 Å². The molecule has 2 aromatic heterocycles.